The van der Waals surface area contributed by atoms with E-state index in [0.717, 1.165) is 35.6 Å². The highest BCUT2D eigenvalue weighted by atomic mass is 19.1. The molecule has 2 aromatic rings. The molecule has 0 unspecified atom stereocenters. The molecule has 0 atom stereocenters. The Morgan fingerprint density at radius 2 is 1.86 bits per heavy atom. The topological polar surface area (TPSA) is 49.8 Å². The van der Waals surface area contributed by atoms with Gasteiger partial charge in [-0.15, -0.1) is 0 Å². The highest BCUT2D eigenvalue weighted by Crippen LogP contribution is 2.40. The summed E-state index contributed by atoms with van der Waals surface area (Å²) >= 11 is 0. The number of para-hydroxylation sites is 1. The van der Waals surface area contributed by atoms with Gasteiger partial charge >= 0.3 is 0 Å². The van der Waals surface area contributed by atoms with Gasteiger partial charge in [-0.25, -0.2) is 14.4 Å². The van der Waals surface area contributed by atoms with Gasteiger partial charge in [0, 0.05) is 18.5 Å². The van der Waals surface area contributed by atoms with Gasteiger partial charge in [-0.2, -0.15) is 0 Å². The Morgan fingerprint density at radius 3 is 2.48 bits per heavy atom. The third kappa shape index (κ3) is 2.68. The van der Waals surface area contributed by atoms with Crippen LogP contribution in [0.5, 0.6) is 0 Å². The Labute approximate surface area is 123 Å². The third-order valence-electron chi connectivity index (χ3n) is 3.81. The van der Waals surface area contributed by atoms with E-state index in [9.17, 15) is 4.39 Å². The summed E-state index contributed by atoms with van der Waals surface area (Å²) in [5.41, 5.74) is 2.22. The first-order chi connectivity index (χ1) is 10.1. The zero-order valence-electron chi connectivity index (χ0n) is 12.5. The lowest BCUT2D eigenvalue weighted by Gasteiger charge is -2.15. The van der Waals surface area contributed by atoms with Crippen molar-refractivity contribution in [3.05, 3.63) is 41.0 Å². The number of rotatable bonds is 4. The Kier molecular flexibility index (Phi) is 3.49. The molecule has 5 heteroatoms. The van der Waals surface area contributed by atoms with Crippen molar-refractivity contribution in [1.29, 1.82) is 0 Å². The molecule has 1 aliphatic rings. The molecule has 2 N–H and O–H groups in total. The van der Waals surface area contributed by atoms with Crippen LogP contribution in [0, 0.1) is 19.7 Å². The highest BCUT2D eigenvalue weighted by Gasteiger charge is 2.28. The van der Waals surface area contributed by atoms with E-state index in [0.29, 0.717) is 17.4 Å². The Hall–Kier alpha value is -2.17. The largest absolute Gasteiger partial charge is 0.373 e. The maximum Gasteiger partial charge on any atom is 0.146 e. The van der Waals surface area contributed by atoms with Crippen molar-refractivity contribution in [3.63, 3.8) is 0 Å². The van der Waals surface area contributed by atoms with Gasteiger partial charge < -0.3 is 10.6 Å². The number of nitrogens with one attached hydrogen (secondary N) is 2. The minimum Gasteiger partial charge on any atom is -0.373 e. The molecule has 1 aromatic heterocycles. The van der Waals surface area contributed by atoms with Crippen LogP contribution < -0.4 is 10.6 Å². The summed E-state index contributed by atoms with van der Waals surface area (Å²) in [5, 5.41) is 6.23. The van der Waals surface area contributed by atoms with Crippen LogP contribution >= 0.6 is 0 Å². The molecule has 0 spiro atoms. The zero-order chi connectivity index (χ0) is 15.0. The summed E-state index contributed by atoms with van der Waals surface area (Å²) in [6.45, 7) is 3.81. The third-order valence-corrected chi connectivity index (χ3v) is 3.81. The van der Waals surface area contributed by atoms with E-state index in [4.69, 9.17) is 0 Å². The molecule has 1 heterocycles. The Balaban J connectivity index is 2.03. The van der Waals surface area contributed by atoms with E-state index in [1.165, 1.54) is 6.07 Å². The molecule has 21 heavy (non-hydrogen) atoms. The zero-order valence-corrected chi connectivity index (χ0v) is 12.5. The van der Waals surface area contributed by atoms with Crippen molar-refractivity contribution in [3.8, 4) is 0 Å². The summed E-state index contributed by atoms with van der Waals surface area (Å²) in [7, 11) is 1.84. The predicted octanol–water partition coefficient (Wildman–Crippen LogP) is 3.90. The van der Waals surface area contributed by atoms with E-state index in [-0.39, 0.29) is 5.82 Å². The van der Waals surface area contributed by atoms with Crippen LogP contribution in [0.15, 0.2) is 18.2 Å². The lowest BCUT2D eigenvalue weighted by atomic mass is 10.2. The molecule has 0 amide bonds. The summed E-state index contributed by atoms with van der Waals surface area (Å²) in [6.07, 6.45) is 2.26. The molecule has 4 nitrogen and oxygen atoms in total. The Morgan fingerprint density at radius 1 is 1.14 bits per heavy atom. The molecular formula is C16H19FN4. The van der Waals surface area contributed by atoms with Crippen molar-refractivity contribution in [2.75, 3.05) is 17.7 Å². The summed E-state index contributed by atoms with van der Waals surface area (Å²) in [4.78, 5) is 9.14. The second-order valence-electron chi connectivity index (χ2n) is 5.49. The summed E-state index contributed by atoms with van der Waals surface area (Å²) in [6, 6.07) is 5.03. The molecule has 1 fully saturated rings. The molecule has 0 bridgehead atoms. The molecular weight excluding hydrogens is 267 g/mol. The first-order valence-electron chi connectivity index (χ1n) is 7.18. The maximum atomic E-state index is 14.0. The van der Waals surface area contributed by atoms with E-state index < -0.39 is 0 Å². The van der Waals surface area contributed by atoms with Crippen LogP contribution in [-0.4, -0.2) is 17.0 Å². The number of halogens is 1. The average molecular weight is 286 g/mol. The molecule has 0 saturated heterocycles. The predicted molar refractivity (Wildman–Crippen MR) is 82.7 cm³/mol. The number of hydrogen-bond donors (Lipinski definition) is 2. The Bertz CT molecular complexity index is 660. The van der Waals surface area contributed by atoms with E-state index in [1.807, 2.05) is 27.0 Å². The molecule has 0 radical (unpaired) electrons. The van der Waals surface area contributed by atoms with Gasteiger partial charge in [0.05, 0.1) is 5.69 Å². The van der Waals surface area contributed by atoms with Crippen LogP contribution in [0.25, 0.3) is 0 Å². The lowest BCUT2D eigenvalue weighted by Crippen LogP contribution is -2.08. The molecule has 110 valence electrons. The minimum absolute atomic E-state index is 0.271. The fraction of sp³-hybridized carbons (Fsp3) is 0.375. The fourth-order valence-corrected chi connectivity index (χ4v) is 2.33. The molecule has 0 aliphatic heterocycles. The van der Waals surface area contributed by atoms with Gasteiger partial charge in [0.1, 0.15) is 23.3 Å². The van der Waals surface area contributed by atoms with Gasteiger partial charge in [-0.1, -0.05) is 12.1 Å². The smallest absolute Gasteiger partial charge is 0.146 e. The number of nitrogens with zero attached hydrogens (tertiary/aromatic N) is 2. The minimum atomic E-state index is -0.271. The lowest BCUT2D eigenvalue weighted by molar-refractivity contribution is 0.630. The average Bonchev–Trinajstić information content (AvgIpc) is 3.29. The summed E-state index contributed by atoms with van der Waals surface area (Å²) in [5.74, 6) is 2.47. The second-order valence-corrected chi connectivity index (χ2v) is 5.49. The number of anilines is 3. The van der Waals surface area contributed by atoms with Crippen molar-refractivity contribution >= 4 is 17.3 Å². The van der Waals surface area contributed by atoms with Gasteiger partial charge in [0.2, 0.25) is 0 Å². The van der Waals surface area contributed by atoms with E-state index in [2.05, 4.69) is 20.6 Å². The van der Waals surface area contributed by atoms with E-state index >= 15 is 0 Å². The number of aromatic nitrogens is 2. The standard InChI is InChI=1S/C16H19FN4/c1-9-5-4-6-12(17)13(9)19-15-10(2)14(18-3)20-16(21-15)11-7-8-11/h4-6,11H,7-8H2,1-3H3,(H2,18,19,20,21). The molecule has 1 saturated carbocycles. The van der Waals surface area contributed by atoms with Gasteiger partial charge in [-0.05, 0) is 38.3 Å². The van der Waals surface area contributed by atoms with Crippen molar-refractivity contribution in [2.24, 2.45) is 0 Å². The van der Waals surface area contributed by atoms with Gasteiger partial charge in [0.15, 0.2) is 0 Å². The highest BCUT2D eigenvalue weighted by molar-refractivity contribution is 5.67. The quantitative estimate of drug-likeness (QED) is 0.895. The van der Waals surface area contributed by atoms with Crippen LogP contribution in [0.3, 0.4) is 0 Å². The van der Waals surface area contributed by atoms with Crippen LogP contribution in [0.2, 0.25) is 0 Å². The van der Waals surface area contributed by atoms with E-state index in [1.54, 1.807) is 6.07 Å². The molecule has 1 aliphatic carbocycles. The van der Waals surface area contributed by atoms with Crippen LogP contribution in [0.1, 0.15) is 35.7 Å². The number of hydrogen-bond acceptors (Lipinski definition) is 4. The number of aryl methyl sites for hydroxylation is 1. The SMILES string of the molecule is CNc1nc(C2CC2)nc(Nc2c(C)cccc2F)c1C. The van der Waals surface area contributed by atoms with Crippen molar-refractivity contribution in [2.45, 2.75) is 32.6 Å². The molecule has 1 aromatic carbocycles. The molecule has 3 rings (SSSR count). The first-order valence-corrected chi connectivity index (χ1v) is 7.18. The van der Waals surface area contributed by atoms with Crippen LogP contribution in [0.4, 0.5) is 21.7 Å². The monoisotopic (exact) mass is 286 g/mol. The second kappa shape index (κ2) is 5.31. The summed E-state index contributed by atoms with van der Waals surface area (Å²) < 4.78 is 14.0. The fourth-order valence-electron chi connectivity index (χ4n) is 2.33. The number of benzene rings is 1. The van der Waals surface area contributed by atoms with Crippen molar-refractivity contribution < 1.29 is 4.39 Å². The van der Waals surface area contributed by atoms with Crippen LogP contribution in [-0.2, 0) is 0 Å². The van der Waals surface area contributed by atoms with Gasteiger partial charge in [0.25, 0.3) is 0 Å². The first kappa shape index (κ1) is 13.8. The van der Waals surface area contributed by atoms with Gasteiger partial charge in [-0.3, -0.25) is 0 Å². The van der Waals surface area contributed by atoms with Crippen molar-refractivity contribution in [1.82, 2.24) is 9.97 Å². The maximum absolute atomic E-state index is 14.0. The normalized spacial score (nSPS) is 14.1.